The van der Waals surface area contributed by atoms with Crippen LogP contribution in [0.15, 0.2) is 39.5 Å². The summed E-state index contributed by atoms with van der Waals surface area (Å²) in [4.78, 5) is 14.1. The molecule has 0 atom stereocenters. The first-order valence-corrected chi connectivity index (χ1v) is 9.70. The van der Waals surface area contributed by atoms with E-state index in [1.807, 2.05) is 25.1 Å². The summed E-state index contributed by atoms with van der Waals surface area (Å²) in [7, 11) is 1.60. The number of rotatable bonds is 4. The fraction of sp³-hybridized carbons (Fsp3) is 0.318. The fourth-order valence-corrected chi connectivity index (χ4v) is 4.03. The van der Waals surface area contributed by atoms with Gasteiger partial charge in [-0.05, 0) is 43.2 Å². The maximum absolute atomic E-state index is 12.0. The number of ether oxygens (including phenoxy) is 2. The van der Waals surface area contributed by atoms with Gasteiger partial charge < -0.3 is 18.8 Å². The van der Waals surface area contributed by atoms with Gasteiger partial charge in [0.25, 0.3) is 0 Å². The van der Waals surface area contributed by atoms with Crippen molar-refractivity contribution in [2.45, 2.75) is 33.2 Å². The standard InChI is InChI=1S/C22H22ClNO4/c1-4-5-14-9-20(25)28-22-13(2)21-15(8-17(14)22)11-24(12-27-21)16-6-7-19(26-3)18(23)10-16/h6-10H,4-5,11-12H2,1-3H3. The first-order chi connectivity index (χ1) is 13.5. The Hall–Kier alpha value is -2.66. The third kappa shape index (κ3) is 3.20. The minimum absolute atomic E-state index is 0.315. The molecule has 0 fully saturated rings. The van der Waals surface area contributed by atoms with Gasteiger partial charge in [-0.2, -0.15) is 0 Å². The highest BCUT2D eigenvalue weighted by Crippen LogP contribution is 2.38. The molecule has 4 rings (SSSR count). The molecule has 0 bridgehead atoms. The highest BCUT2D eigenvalue weighted by Gasteiger charge is 2.23. The smallest absolute Gasteiger partial charge is 0.336 e. The van der Waals surface area contributed by atoms with Crippen molar-refractivity contribution < 1.29 is 13.9 Å². The second kappa shape index (κ2) is 7.40. The first-order valence-electron chi connectivity index (χ1n) is 9.32. The second-order valence-corrected chi connectivity index (χ2v) is 7.40. The fourth-order valence-electron chi connectivity index (χ4n) is 3.78. The number of hydrogen-bond donors (Lipinski definition) is 0. The van der Waals surface area contributed by atoms with Crippen LogP contribution in [0, 0.1) is 6.92 Å². The quantitative estimate of drug-likeness (QED) is 0.573. The Morgan fingerprint density at radius 2 is 2.07 bits per heavy atom. The van der Waals surface area contributed by atoms with Crippen LogP contribution in [0.2, 0.25) is 5.02 Å². The number of fused-ring (bicyclic) bond motifs is 2. The van der Waals surface area contributed by atoms with Gasteiger partial charge in [0.05, 0.1) is 12.1 Å². The van der Waals surface area contributed by atoms with Gasteiger partial charge in [0.15, 0.2) is 6.73 Å². The zero-order chi connectivity index (χ0) is 19.8. The van der Waals surface area contributed by atoms with Crippen molar-refractivity contribution in [3.05, 3.63) is 62.5 Å². The molecule has 0 saturated heterocycles. The van der Waals surface area contributed by atoms with E-state index in [2.05, 4.69) is 17.9 Å². The van der Waals surface area contributed by atoms with Crippen LogP contribution in [0.3, 0.4) is 0 Å². The first kappa shape index (κ1) is 18.7. The third-order valence-electron chi connectivity index (χ3n) is 5.12. The molecular weight excluding hydrogens is 378 g/mol. The molecule has 0 amide bonds. The SMILES string of the molecule is CCCc1cc(=O)oc2c(C)c3c(cc12)CN(c1ccc(OC)c(Cl)c1)CO3. The Bertz CT molecular complexity index is 1110. The lowest BCUT2D eigenvalue weighted by Crippen LogP contribution is -2.32. The number of anilines is 1. The Balaban J connectivity index is 1.77. The van der Waals surface area contributed by atoms with Crippen molar-refractivity contribution in [3.63, 3.8) is 0 Å². The van der Waals surface area contributed by atoms with E-state index in [9.17, 15) is 4.79 Å². The summed E-state index contributed by atoms with van der Waals surface area (Å²) in [6, 6.07) is 9.39. The number of nitrogens with zero attached hydrogens (tertiary/aromatic N) is 1. The topological polar surface area (TPSA) is 51.9 Å². The largest absolute Gasteiger partial charge is 0.495 e. The number of halogens is 1. The van der Waals surface area contributed by atoms with Gasteiger partial charge in [0.1, 0.15) is 17.1 Å². The Labute approximate surface area is 168 Å². The second-order valence-electron chi connectivity index (χ2n) is 7.00. The van der Waals surface area contributed by atoms with Crippen molar-refractivity contribution in [2.24, 2.45) is 0 Å². The summed E-state index contributed by atoms with van der Waals surface area (Å²) in [6.07, 6.45) is 1.79. The van der Waals surface area contributed by atoms with E-state index in [0.717, 1.165) is 46.4 Å². The normalized spacial score (nSPS) is 13.4. The number of methoxy groups -OCH3 is 1. The Morgan fingerprint density at radius 3 is 2.79 bits per heavy atom. The molecule has 1 aromatic heterocycles. The van der Waals surface area contributed by atoms with Crippen LogP contribution in [0.5, 0.6) is 11.5 Å². The van der Waals surface area contributed by atoms with Crippen LogP contribution in [0.25, 0.3) is 11.0 Å². The van der Waals surface area contributed by atoms with Crippen LogP contribution in [-0.4, -0.2) is 13.8 Å². The highest BCUT2D eigenvalue weighted by molar-refractivity contribution is 6.32. The predicted octanol–water partition coefficient (Wildman–Crippen LogP) is 5.07. The molecule has 0 spiro atoms. The minimum Gasteiger partial charge on any atom is -0.495 e. The van der Waals surface area contributed by atoms with Crippen LogP contribution < -0.4 is 20.0 Å². The van der Waals surface area contributed by atoms with E-state index in [1.165, 1.54) is 0 Å². The lowest BCUT2D eigenvalue weighted by Gasteiger charge is -2.32. The lowest BCUT2D eigenvalue weighted by molar-refractivity contribution is 0.287. The summed E-state index contributed by atoms with van der Waals surface area (Å²) in [5.74, 6) is 1.44. The zero-order valence-corrected chi connectivity index (χ0v) is 16.9. The molecule has 5 nitrogen and oxygen atoms in total. The van der Waals surface area contributed by atoms with Crippen molar-refractivity contribution in [1.82, 2.24) is 0 Å². The van der Waals surface area contributed by atoms with Crippen molar-refractivity contribution in [1.29, 1.82) is 0 Å². The average molecular weight is 400 g/mol. The number of aryl methyl sites for hydroxylation is 2. The molecule has 2 heterocycles. The minimum atomic E-state index is -0.315. The van der Waals surface area contributed by atoms with E-state index in [0.29, 0.717) is 29.6 Å². The molecule has 146 valence electrons. The third-order valence-corrected chi connectivity index (χ3v) is 5.42. The summed E-state index contributed by atoms with van der Waals surface area (Å²) < 4.78 is 16.8. The molecule has 2 aromatic carbocycles. The molecule has 6 heteroatoms. The monoisotopic (exact) mass is 399 g/mol. The van der Waals surface area contributed by atoms with E-state index in [4.69, 9.17) is 25.5 Å². The van der Waals surface area contributed by atoms with Crippen molar-refractivity contribution >= 4 is 28.3 Å². The summed E-state index contributed by atoms with van der Waals surface area (Å²) in [5, 5.41) is 1.54. The Kier molecular flexibility index (Phi) is 4.94. The maximum Gasteiger partial charge on any atom is 0.336 e. The van der Waals surface area contributed by atoms with E-state index < -0.39 is 0 Å². The van der Waals surface area contributed by atoms with Crippen LogP contribution in [0.1, 0.15) is 30.0 Å². The van der Waals surface area contributed by atoms with Gasteiger partial charge in [-0.3, -0.25) is 0 Å². The summed E-state index contributed by atoms with van der Waals surface area (Å²) in [5.41, 5.74) is 4.22. The van der Waals surface area contributed by atoms with Gasteiger partial charge in [-0.15, -0.1) is 0 Å². The van der Waals surface area contributed by atoms with Gasteiger partial charge in [-0.25, -0.2) is 4.79 Å². The van der Waals surface area contributed by atoms with Crippen molar-refractivity contribution in [3.8, 4) is 11.5 Å². The van der Waals surface area contributed by atoms with Crippen LogP contribution in [-0.2, 0) is 13.0 Å². The zero-order valence-electron chi connectivity index (χ0n) is 16.2. The molecular formula is C22H22ClNO4. The molecule has 1 aliphatic heterocycles. The van der Waals surface area contributed by atoms with E-state index in [-0.39, 0.29) is 5.63 Å². The molecule has 28 heavy (non-hydrogen) atoms. The highest BCUT2D eigenvalue weighted by atomic mass is 35.5. The van der Waals surface area contributed by atoms with Crippen molar-refractivity contribution in [2.75, 3.05) is 18.7 Å². The molecule has 0 N–H and O–H groups in total. The predicted molar refractivity (Wildman–Crippen MR) is 111 cm³/mol. The van der Waals surface area contributed by atoms with E-state index in [1.54, 1.807) is 13.2 Å². The van der Waals surface area contributed by atoms with Gasteiger partial charge in [0, 0.05) is 34.8 Å². The maximum atomic E-state index is 12.0. The summed E-state index contributed by atoms with van der Waals surface area (Å²) >= 11 is 6.29. The molecule has 0 unspecified atom stereocenters. The van der Waals surface area contributed by atoms with Gasteiger partial charge in [-0.1, -0.05) is 24.9 Å². The van der Waals surface area contributed by atoms with Gasteiger partial charge in [0.2, 0.25) is 0 Å². The molecule has 0 aliphatic carbocycles. The van der Waals surface area contributed by atoms with Crippen LogP contribution >= 0.6 is 11.6 Å². The Morgan fingerprint density at radius 1 is 1.25 bits per heavy atom. The summed E-state index contributed by atoms with van der Waals surface area (Å²) in [6.45, 7) is 5.12. The molecule has 0 saturated carbocycles. The lowest BCUT2D eigenvalue weighted by atomic mass is 9.98. The molecule has 3 aromatic rings. The average Bonchev–Trinajstić information content (AvgIpc) is 2.69. The van der Waals surface area contributed by atoms with E-state index >= 15 is 0 Å². The molecule has 0 radical (unpaired) electrons. The van der Waals surface area contributed by atoms with Crippen LogP contribution in [0.4, 0.5) is 5.69 Å². The number of benzene rings is 2. The number of hydrogen-bond acceptors (Lipinski definition) is 5. The molecule has 1 aliphatic rings. The van der Waals surface area contributed by atoms with Gasteiger partial charge >= 0.3 is 5.63 Å².